The molecule has 124 valence electrons. The van der Waals surface area contributed by atoms with Crippen molar-refractivity contribution in [2.45, 2.75) is 33.9 Å². The molecule has 0 saturated carbocycles. The Bertz CT molecular complexity index is 639. The second kappa shape index (κ2) is 9.15. The molecule has 0 amide bonds. The predicted molar refractivity (Wildman–Crippen MR) is 96.1 cm³/mol. The molecule has 2 N–H and O–H groups in total. The van der Waals surface area contributed by atoms with Crippen LogP contribution in [0.4, 0.5) is 0 Å². The molecule has 0 bridgehead atoms. The molecule has 0 unspecified atom stereocenters. The molecule has 0 radical (unpaired) electrons. The first kappa shape index (κ1) is 17.3. The number of nitrogens with zero attached hydrogens (tertiary/aromatic N) is 2. The van der Waals surface area contributed by atoms with Gasteiger partial charge in [-0.2, -0.15) is 0 Å². The number of hydrogen-bond donors (Lipinski definition) is 2. The van der Waals surface area contributed by atoms with Crippen molar-refractivity contribution in [2.24, 2.45) is 4.99 Å². The van der Waals surface area contributed by atoms with Crippen LogP contribution in [-0.4, -0.2) is 24.1 Å². The molecule has 2 rings (SSSR count). The van der Waals surface area contributed by atoms with Gasteiger partial charge in [0.1, 0.15) is 0 Å². The van der Waals surface area contributed by atoms with Crippen LogP contribution in [0.15, 0.2) is 34.8 Å². The van der Waals surface area contributed by atoms with E-state index in [1.165, 1.54) is 10.4 Å². The van der Waals surface area contributed by atoms with Gasteiger partial charge in [0, 0.05) is 23.2 Å². The third-order valence-electron chi connectivity index (χ3n) is 3.27. The van der Waals surface area contributed by atoms with E-state index in [1.54, 1.807) is 17.5 Å². The fourth-order valence-electron chi connectivity index (χ4n) is 2.07. The van der Waals surface area contributed by atoms with Crippen LogP contribution in [0.25, 0.3) is 0 Å². The number of nitrogens with one attached hydrogen (secondary N) is 2. The molecule has 0 spiro atoms. The average Bonchev–Trinajstić information content (AvgIpc) is 2.97. The molecule has 2 aromatic heterocycles. The van der Waals surface area contributed by atoms with Crippen LogP contribution in [0.1, 0.15) is 29.9 Å². The molecule has 23 heavy (non-hydrogen) atoms. The van der Waals surface area contributed by atoms with Gasteiger partial charge in [0.05, 0.1) is 19.7 Å². The van der Waals surface area contributed by atoms with Gasteiger partial charge in [-0.1, -0.05) is 6.07 Å². The van der Waals surface area contributed by atoms with Crippen molar-refractivity contribution in [3.8, 4) is 5.88 Å². The van der Waals surface area contributed by atoms with Gasteiger partial charge in [-0.25, -0.2) is 9.98 Å². The lowest BCUT2D eigenvalue weighted by atomic mass is 10.3. The van der Waals surface area contributed by atoms with Crippen molar-refractivity contribution < 1.29 is 4.74 Å². The van der Waals surface area contributed by atoms with E-state index in [4.69, 9.17) is 4.74 Å². The van der Waals surface area contributed by atoms with Crippen LogP contribution >= 0.6 is 11.3 Å². The van der Waals surface area contributed by atoms with Crippen LogP contribution in [0.5, 0.6) is 5.88 Å². The molecule has 6 heteroatoms. The van der Waals surface area contributed by atoms with E-state index in [0.717, 1.165) is 24.6 Å². The lowest BCUT2D eigenvalue weighted by Gasteiger charge is -2.12. The zero-order valence-corrected chi connectivity index (χ0v) is 14.7. The summed E-state index contributed by atoms with van der Waals surface area (Å²) in [5, 5.41) is 8.75. The third kappa shape index (κ3) is 5.25. The number of rotatable bonds is 7. The maximum absolute atomic E-state index is 5.54. The first-order valence-corrected chi connectivity index (χ1v) is 8.74. The van der Waals surface area contributed by atoms with E-state index in [9.17, 15) is 0 Å². The Labute approximate surface area is 141 Å². The van der Waals surface area contributed by atoms with Gasteiger partial charge in [-0.05, 0) is 43.8 Å². The second-order valence-corrected chi connectivity index (χ2v) is 5.98. The van der Waals surface area contributed by atoms with E-state index in [-0.39, 0.29) is 0 Å². The standard InChI is InChI=1S/C17H24N4OS/c1-4-18-17(21-12-15-13(3)8-10-23-15)20-11-14-7-6-9-19-16(14)22-5-2/h6-10H,4-5,11-12H2,1-3H3,(H2,18,20,21). The van der Waals surface area contributed by atoms with Crippen molar-refractivity contribution >= 4 is 17.3 Å². The van der Waals surface area contributed by atoms with Crippen molar-refractivity contribution in [3.63, 3.8) is 0 Å². The first-order valence-electron chi connectivity index (χ1n) is 7.86. The number of aromatic nitrogens is 1. The molecule has 0 aliphatic carbocycles. The summed E-state index contributed by atoms with van der Waals surface area (Å²) in [6.45, 7) is 8.87. The largest absolute Gasteiger partial charge is 0.478 e. The summed E-state index contributed by atoms with van der Waals surface area (Å²) >= 11 is 1.76. The van der Waals surface area contributed by atoms with E-state index in [0.29, 0.717) is 19.0 Å². The molecule has 0 fully saturated rings. The number of hydrogen-bond acceptors (Lipinski definition) is 4. The Morgan fingerprint density at radius 1 is 1.30 bits per heavy atom. The fraction of sp³-hybridized carbons (Fsp3) is 0.412. The topological polar surface area (TPSA) is 58.5 Å². The summed E-state index contributed by atoms with van der Waals surface area (Å²) in [6.07, 6.45) is 1.74. The lowest BCUT2D eigenvalue weighted by molar-refractivity contribution is 0.323. The molecule has 2 heterocycles. The van der Waals surface area contributed by atoms with Gasteiger partial charge in [-0.15, -0.1) is 11.3 Å². The summed E-state index contributed by atoms with van der Waals surface area (Å²) in [7, 11) is 0. The predicted octanol–water partition coefficient (Wildman–Crippen LogP) is 3.11. The molecule has 0 aromatic carbocycles. The van der Waals surface area contributed by atoms with Crippen molar-refractivity contribution in [2.75, 3.05) is 13.2 Å². The normalized spacial score (nSPS) is 11.3. The molecule has 0 aliphatic heterocycles. The molecule has 0 aliphatic rings. The van der Waals surface area contributed by atoms with E-state index < -0.39 is 0 Å². The van der Waals surface area contributed by atoms with E-state index >= 15 is 0 Å². The number of pyridine rings is 1. The number of aliphatic imine (C=N–C) groups is 1. The number of thiophene rings is 1. The van der Waals surface area contributed by atoms with Crippen LogP contribution in [0.2, 0.25) is 0 Å². The van der Waals surface area contributed by atoms with Gasteiger partial charge in [0.15, 0.2) is 5.96 Å². The fourth-order valence-corrected chi connectivity index (χ4v) is 2.91. The summed E-state index contributed by atoms with van der Waals surface area (Å²) in [6, 6.07) is 6.03. The summed E-state index contributed by atoms with van der Waals surface area (Å²) in [4.78, 5) is 10.2. The average molecular weight is 332 g/mol. The highest BCUT2D eigenvalue weighted by Gasteiger charge is 2.05. The second-order valence-electron chi connectivity index (χ2n) is 4.98. The maximum Gasteiger partial charge on any atom is 0.218 e. The highest BCUT2D eigenvalue weighted by molar-refractivity contribution is 7.10. The Morgan fingerprint density at radius 3 is 2.87 bits per heavy atom. The van der Waals surface area contributed by atoms with Gasteiger partial charge in [-0.3, -0.25) is 0 Å². The van der Waals surface area contributed by atoms with Gasteiger partial charge >= 0.3 is 0 Å². The van der Waals surface area contributed by atoms with Gasteiger partial charge < -0.3 is 15.4 Å². The molecular formula is C17H24N4OS. The first-order chi connectivity index (χ1) is 11.2. The number of guanidine groups is 1. The van der Waals surface area contributed by atoms with Gasteiger partial charge in [0.2, 0.25) is 5.88 Å². The molecule has 0 saturated heterocycles. The molecule has 2 aromatic rings. The number of ether oxygens (including phenoxy) is 1. The van der Waals surface area contributed by atoms with Crippen LogP contribution < -0.4 is 15.4 Å². The lowest BCUT2D eigenvalue weighted by Crippen LogP contribution is -2.36. The van der Waals surface area contributed by atoms with E-state index in [1.807, 2.05) is 19.1 Å². The molecule has 5 nitrogen and oxygen atoms in total. The minimum Gasteiger partial charge on any atom is -0.478 e. The third-order valence-corrected chi connectivity index (χ3v) is 4.29. The van der Waals surface area contributed by atoms with Crippen LogP contribution in [0.3, 0.4) is 0 Å². The highest BCUT2D eigenvalue weighted by atomic mass is 32.1. The van der Waals surface area contributed by atoms with Crippen LogP contribution in [-0.2, 0) is 13.1 Å². The Morgan fingerprint density at radius 2 is 2.17 bits per heavy atom. The summed E-state index contributed by atoms with van der Waals surface area (Å²) in [5.74, 6) is 1.45. The Balaban J connectivity index is 2.02. The highest BCUT2D eigenvalue weighted by Crippen LogP contribution is 2.16. The van der Waals surface area contributed by atoms with Crippen molar-refractivity contribution in [3.05, 3.63) is 45.8 Å². The van der Waals surface area contributed by atoms with Gasteiger partial charge in [0.25, 0.3) is 0 Å². The monoisotopic (exact) mass is 332 g/mol. The van der Waals surface area contributed by atoms with Crippen LogP contribution in [0, 0.1) is 6.92 Å². The Hall–Kier alpha value is -2.08. The SMILES string of the molecule is CCNC(=NCc1cccnc1OCC)NCc1sccc1C. The summed E-state index contributed by atoms with van der Waals surface area (Å²) in [5.41, 5.74) is 2.29. The summed E-state index contributed by atoms with van der Waals surface area (Å²) < 4.78 is 5.54. The smallest absolute Gasteiger partial charge is 0.218 e. The zero-order valence-electron chi connectivity index (χ0n) is 13.9. The number of aryl methyl sites for hydroxylation is 1. The molecule has 0 atom stereocenters. The minimum absolute atomic E-state index is 0.530. The minimum atomic E-state index is 0.530. The zero-order chi connectivity index (χ0) is 16.5. The van der Waals surface area contributed by atoms with Crippen molar-refractivity contribution in [1.29, 1.82) is 0 Å². The molecular weight excluding hydrogens is 308 g/mol. The van der Waals surface area contributed by atoms with Crippen molar-refractivity contribution in [1.82, 2.24) is 15.6 Å². The maximum atomic E-state index is 5.54. The Kier molecular flexibility index (Phi) is 6.87. The van der Waals surface area contributed by atoms with E-state index in [2.05, 4.69) is 45.9 Å². The quantitative estimate of drug-likeness (QED) is 0.604.